The maximum atomic E-state index is 5.50. The van der Waals surface area contributed by atoms with Gasteiger partial charge in [0.15, 0.2) is 0 Å². The minimum atomic E-state index is 0.526. The Balaban J connectivity index is 2.88. The van der Waals surface area contributed by atoms with E-state index in [0.717, 1.165) is 30.0 Å². The summed E-state index contributed by atoms with van der Waals surface area (Å²) in [5.74, 6) is 2.21. The van der Waals surface area contributed by atoms with Gasteiger partial charge in [-0.2, -0.15) is 0 Å². The van der Waals surface area contributed by atoms with Gasteiger partial charge in [0, 0.05) is 29.1 Å². The zero-order valence-corrected chi connectivity index (χ0v) is 14.1. The molecule has 20 heavy (non-hydrogen) atoms. The number of nitrogens with one attached hydrogen (secondary N) is 1. The third kappa shape index (κ3) is 4.48. The number of aromatic nitrogens is 1. The molecule has 114 valence electrons. The first-order valence-electron chi connectivity index (χ1n) is 7.59. The minimum absolute atomic E-state index is 0.526. The normalized spacial score (nSPS) is 13.1. The first-order valence-corrected chi connectivity index (χ1v) is 7.59. The highest BCUT2D eigenvalue weighted by atomic mass is 16.5. The van der Waals surface area contributed by atoms with Crippen molar-refractivity contribution >= 4 is 0 Å². The molecule has 0 aliphatic heterocycles. The average molecular weight is 278 g/mol. The summed E-state index contributed by atoms with van der Waals surface area (Å²) >= 11 is 0. The van der Waals surface area contributed by atoms with Crippen molar-refractivity contribution in [3.63, 3.8) is 0 Å². The molecule has 3 nitrogen and oxygen atoms in total. The Labute approximate surface area is 124 Å². The third-order valence-corrected chi connectivity index (χ3v) is 3.94. The van der Waals surface area contributed by atoms with Crippen molar-refractivity contribution in [3.8, 4) is 5.75 Å². The van der Waals surface area contributed by atoms with Gasteiger partial charge in [-0.1, -0.05) is 27.7 Å². The third-order valence-electron chi connectivity index (χ3n) is 3.94. The summed E-state index contributed by atoms with van der Waals surface area (Å²) in [5.41, 5.74) is 3.45. The molecule has 1 N–H and O–H groups in total. The predicted molar refractivity (Wildman–Crippen MR) is 85.4 cm³/mol. The van der Waals surface area contributed by atoms with E-state index < -0.39 is 0 Å². The van der Waals surface area contributed by atoms with Crippen molar-refractivity contribution in [2.75, 3.05) is 13.7 Å². The molecular weight excluding hydrogens is 248 g/mol. The van der Waals surface area contributed by atoms with Gasteiger partial charge in [-0.25, -0.2) is 0 Å². The second kappa shape index (κ2) is 7.63. The van der Waals surface area contributed by atoms with Crippen LogP contribution in [0.4, 0.5) is 0 Å². The molecule has 0 aromatic carbocycles. The summed E-state index contributed by atoms with van der Waals surface area (Å²) in [6.07, 6.45) is 2.92. The second-order valence-corrected chi connectivity index (χ2v) is 6.32. The second-order valence-electron chi connectivity index (χ2n) is 6.32. The van der Waals surface area contributed by atoms with Gasteiger partial charge in [0.05, 0.1) is 7.11 Å². The number of methoxy groups -OCH3 is 1. The summed E-state index contributed by atoms with van der Waals surface area (Å²) in [7, 11) is 1.74. The Morgan fingerprint density at radius 2 is 1.85 bits per heavy atom. The van der Waals surface area contributed by atoms with Gasteiger partial charge in [-0.05, 0) is 38.6 Å². The first-order chi connectivity index (χ1) is 9.36. The molecule has 3 heteroatoms. The van der Waals surface area contributed by atoms with Gasteiger partial charge in [-0.15, -0.1) is 0 Å². The predicted octanol–water partition coefficient (Wildman–Crippen LogP) is 3.52. The molecule has 1 aromatic heterocycles. The standard InChI is InChI=1S/C17H30N2O/c1-11(2)15(10-18-12(3)4)8-16-14(6)17(20-7)13(5)9-19-16/h9,11-12,15,18H,8,10H2,1-7H3. The van der Waals surface area contributed by atoms with Crippen molar-refractivity contribution in [2.45, 2.75) is 54.0 Å². The van der Waals surface area contributed by atoms with E-state index >= 15 is 0 Å². The number of nitrogens with zero attached hydrogens (tertiary/aromatic N) is 1. The van der Waals surface area contributed by atoms with Crippen molar-refractivity contribution in [1.82, 2.24) is 10.3 Å². The minimum Gasteiger partial charge on any atom is -0.496 e. The van der Waals surface area contributed by atoms with Gasteiger partial charge in [-0.3, -0.25) is 4.98 Å². The van der Waals surface area contributed by atoms with Crippen molar-refractivity contribution in [3.05, 3.63) is 23.0 Å². The number of pyridine rings is 1. The van der Waals surface area contributed by atoms with Crippen LogP contribution in [0.3, 0.4) is 0 Å². The Kier molecular flexibility index (Phi) is 6.47. The number of ether oxygens (including phenoxy) is 1. The van der Waals surface area contributed by atoms with Crippen LogP contribution in [0.5, 0.6) is 5.75 Å². The Hall–Kier alpha value is -1.09. The van der Waals surface area contributed by atoms with E-state index in [9.17, 15) is 0 Å². The SMILES string of the molecule is COc1c(C)cnc(CC(CNC(C)C)C(C)C)c1C. The fourth-order valence-corrected chi connectivity index (χ4v) is 2.46. The maximum absolute atomic E-state index is 5.50. The highest BCUT2D eigenvalue weighted by Crippen LogP contribution is 2.26. The molecule has 0 bridgehead atoms. The fraction of sp³-hybridized carbons (Fsp3) is 0.706. The van der Waals surface area contributed by atoms with Crippen molar-refractivity contribution in [2.24, 2.45) is 11.8 Å². The monoisotopic (exact) mass is 278 g/mol. The maximum Gasteiger partial charge on any atom is 0.128 e. The lowest BCUT2D eigenvalue weighted by molar-refractivity contribution is 0.344. The average Bonchev–Trinajstić information content (AvgIpc) is 2.36. The van der Waals surface area contributed by atoms with Gasteiger partial charge in [0.1, 0.15) is 5.75 Å². The topological polar surface area (TPSA) is 34.1 Å². The summed E-state index contributed by atoms with van der Waals surface area (Å²) in [5, 5.41) is 3.55. The molecule has 1 heterocycles. The van der Waals surface area contributed by atoms with Gasteiger partial charge >= 0.3 is 0 Å². The lowest BCUT2D eigenvalue weighted by Crippen LogP contribution is -2.32. The first kappa shape index (κ1) is 17.0. The molecule has 0 aliphatic rings. The zero-order valence-electron chi connectivity index (χ0n) is 14.1. The van der Waals surface area contributed by atoms with Crippen LogP contribution in [0.15, 0.2) is 6.20 Å². The van der Waals surface area contributed by atoms with Crippen LogP contribution in [0.25, 0.3) is 0 Å². The van der Waals surface area contributed by atoms with E-state index in [2.05, 4.69) is 44.9 Å². The van der Waals surface area contributed by atoms with E-state index in [1.807, 2.05) is 13.1 Å². The molecule has 0 aliphatic carbocycles. The quantitative estimate of drug-likeness (QED) is 0.828. The fourth-order valence-electron chi connectivity index (χ4n) is 2.46. The van der Waals surface area contributed by atoms with Gasteiger partial charge in [0.25, 0.3) is 0 Å². The Morgan fingerprint density at radius 3 is 2.35 bits per heavy atom. The molecule has 0 saturated carbocycles. The Bertz CT molecular complexity index is 427. The van der Waals surface area contributed by atoms with Crippen LogP contribution in [0, 0.1) is 25.7 Å². The van der Waals surface area contributed by atoms with E-state index in [0.29, 0.717) is 17.9 Å². The van der Waals surface area contributed by atoms with Gasteiger partial charge in [0.2, 0.25) is 0 Å². The summed E-state index contributed by atoms with van der Waals surface area (Å²) < 4.78 is 5.50. The molecular formula is C17H30N2O. The summed E-state index contributed by atoms with van der Waals surface area (Å²) in [6.45, 7) is 14.1. The van der Waals surface area contributed by atoms with Crippen LogP contribution in [0.2, 0.25) is 0 Å². The lowest BCUT2D eigenvalue weighted by Gasteiger charge is -2.23. The molecule has 1 unspecified atom stereocenters. The molecule has 0 radical (unpaired) electrons. The molecule has 0 fully saturated rings. The van der Waals surface area contributed by atoms with Gasteiger partial charge < -0.3 is 10.1 Å². The van der Waals surface area contributed by atoms with Crippen LogP contribution >= 0.6 is 0 Å². The van der Waals surface area contributed by atoms with E-state index in [1.54, 1.807) is 7.11 Å². The van der Waals surface area contributed by atoms with E-state index in [1.165, 1.54) is 5.56 Å². The molecule has 1 atom stereocenters. The molecule has 1 rings (SSSR count). The molecule has 0 saturated heterocycles. The van der Waals surface area contributed by atoms with Crippen molar-refractivity contribution in [1.29, 1.82) is 0 Å². The largest absolute Gasteiger partial charge is 0.496 e. The molecule has 0 amide bonds. The zero-order chi connectivity index (χ0) is 15.3. The Morgan fingerprint density at radius 1 is 1.20 bits per heavy atom. The molecule has 1 aromatic rings. The smallest absolute Gasteiger partial charge is 0.128 e. The highest BCUT2D eigenvalue weighted by molar-refractivity contribution is 5.41. The van der Waals surface area contributed by atoms with Crippen LogP contribution in [-0.2, 0) is 6.42 Å². The van der Waals surface area contributed by atoms with Crippen molar-refractivity contribution < 1.29 is 4.74 Å². The summed E-state index contributed by atoms with van der Waals surface area (Å²) in [6, 6.07) is 0.526. The number of aryl methyl sites for hydroxylation is 1. The highest BCUT2D eigenvalue weighted by Gasteiger charge is 2.18. The van der Waals surface area contributed by atoms with Crippen LogP contribution in [-0.4, -0.2) is 24.7 Å². The molecule has 0 spiro atoms. The lowest BCUT2D eigenvalue weighted by atomic mass is 9.89. The van der Waals surface area contributed by atoms with E-state index in [-0.39, 0.29) is 0 Å². The number of hydrogen-bond acceptors (Lipinski definition) is 3. The van der Waals surface area contributed by atoms with Crippen LogP contribution < -0.4 is 10.1 Å². The summed E-state index contributed by atoms with van der Waals surface area (Å²) in [4.78, 5) is 4.63. The number of rotatable bonds is 7. The van der Waals surface area contributed by atoms with E-state index in [4.69, 9.17) is 4.74 Å². The number of hydrogen-bond donors (Lipinski definition) is 1. The van der Waals surface area contributed by atoms with Crippen LogP contribution in [0.1, 0.15) is 44.5 Å².